The predicted octanol–water partition coefficient (Wildman–Crippen LogP) is 1.72. The van der Waals surface area contributed by atoms with Gasteiger partial charge in [-0.05, 0) is 18.6 Å². The minimum absolute atomic E-state index is 0.606. The molecule has 0 aromatic heterocycles. The van der Waals surface area contributed by atoms with Crippen LogP contribution in [-0.2, 0) is 0 Å². The Morgan fingerprint density at radius 2 is 2.07 bits per heavy atom. The third-order valence-corrected chi connectivity index (χ3v) is 1.95. The molecular weight excluding hydrogens is 188 g/mol. The third-order valence-electron chi connectivity index (χ3n) is 1.95. The highest BCUT2D eigenvalue weighted by molar-refractivity contribution is 5.93. The first-order valence-corrected chi connectivity index (χ1v) is 5.20. The Hall–Kier alpha value is -1.55. The average molecular weight is 206 g/mol. The lowest BCUT2D eigenvalue weighted by molar-refractivity contribution is 0.801. The summed E-state index contributed by atoms with van der Waals surface area (Å²) in [7, 11) is 0. The minimum atomic E-state index is 0.606. The minimum Gasteiger partial charge on any atom is -0.325 e. The molecule has 0 saturated heterocycles. The molecule has 0 saturated carbocycles. The number of hydrazine groups is 1. The second-order valence-corrected chi connectivity index (χ2v) is 3.22. The molecule has 0 bridgehead atoms. The van der Waals surface area contributed by atoms with Crippen LogP contribution < -0.4 is 16.6 Å². The molecule has 15 heavy (non-hydrogen) atoms. The van der Waals surface area contributed by atoms with E-state index in [-0.39, 0.29) is 0 Å². The standard InChI is InChI=1S/C11H18N4/c1-2-3-9-13-11(15-12)14-10-7-5-4-6-8-10/h4-8H,2-3,9,12H2,1H3,(H2,13,14,15). The number of aliphatic imine (C=N–C) groups is 1. The predicted molar refractivity (Wildman–Crippen MR) is 64.6 cm³/mol. The molecule has 0 heterocycles. The molecule has 1 rings (SSSR count). The van der Waals surface area contributed by atoms with Crippen molar-refractivity contribution in [2.24, 2.45) is 10.8 Å². The van der Waals surface area contributed by atoms with Crippen LogP contribution in [0.3, 0.4) is 0 Å². The maximum atomic E-state index is 5.36. The van der Waals surface area contributed by atoms with Crippen LogP contribution in [0.25, 0.3) is 0 Å². The van der Waals surface area contributed by atoms with Gasteiger partial charge in [0.25, 0.3) is 0 Å². The zero-order valence-electron chi connectivity index (χ0n) is 9.03. The summed E-state index contributed by atoms with van der Waals surface area (Å²) in [5.74, 6) is 5.97. The summed E-state index contributed by atoms with van der Waals surface area (Å²) in [6, 6.07) is 9.82. The maximum Gasteiger partial charge on any atom is 0.210 e. The second kappa shape index (κ2) is 6.84. The van der Waals surface area contributed by atoms with E-state index >= 15 is 0 Å². The van der Waals surface area contributed by atoms with Gasteiger partial charge in [-0.15, -0.1) is 0 Å². The average Bonchev–Trinajstić information content (AvgIpc) is 2.29. The summed E-state index contributed by atoms with van der Waals surface area (Å²) in [6.07, 6.45) is 2.20. The molecule has 0 spiro atoms. The van der Waals surface area contributed by atoms with Gasteiger partial charge in [0.15, 0.2) is 0 Å². The third kappa shape index (κ3) is 4.46. The van der Waals surface area contributed by atoms with Gasteiger partial charge in [0.2, 0.25) is 5.96 Å². The summed E-state index contributed by atoms with van der Waals surface area (Å²) in [5, 5.41) is 3.10. The summed E-state index contributed by atoms with van der Waals surface area (Å²) >= 11 is 0. The van der Waals surface area contributed by atoms with Gasteiger partial charge in [0, 0.05) is 12.2 Å². The van der Waals surface area contributed by atoms with Crippen molar-refractivity contribution in [1.29, 1.82) is 0 Å². The second-order valence-electron chi connectivity index (χ2n) is 3.22. The molecular formula is C11H18N4. The van der Waals surface area contributed by atoms with Crippen molar-refractivity contribution in [3.63, 3.8) is 0 Å². The van der Waals surface area contributed by atoms with Crippen molar-refractivity contribution in [3.8, 4) is 0 Å². The van der Waals surface area contributed by atoms with Crippen molar-refractivity contribution in [2.45, 2.75) is 19.8 Å². The highest BCUT2D eigenvalue weighted by atomic mass is 15.3. The number of unbranched alkanes of at least 4 members (excludes halogenated alkanes) is 1. The molecule has 0 aliphatic carbocycles. The number of benzene rings is 1. The lowest BCUT2D eigenvalue weighted by atomic mass is 10.3. The fourth-order valence-electron chi connectivity index (χ4n) is 1.13. The number of nitrogens with one attached hydrogen (secondary N) is 2. The number of anilines is 1. The van der Waals surface area contributed by atoms with E-state index in [0.29, 0.717) is 5.96 Å². The van der Waals surface area contributed by atoms with Crippen molar-refractivity contribution in [2.75, 3.05) is 11.9 Å². The van der Waals surface area contributed by atoms with Crippen LogP contribution in [0.2, 0.25) is 0 Å². The summed E-state index contributed by atoms with van der Waals surface area (Å²) in [4.78, 5) is 4.30. The fourth-order valence-corrected chi connectivity index (χ4v) is 1.13. The largest absolute Gasteiger partial charge is 0.325 e. The Balaban J connectivity index is 2.50. The molecule has 0 aliphatic rings. The summed E-state index contributed by atoms with van der Waals surface area (Å²) in [6.45, 7) is 2.92. The number of para-hydroxylation sites is 1. The molecule has 4 nitrogen and oxygen atoms in total. The van der Waals surface area contributed by atoms with Gasteiger partial charge in [-0.1, -0.05) is 31.5 Å². The highest BCUT2D eigenvalue weighted by Gasteiger charge is 1.95. The summed E-state index contributed by atoms with van der Waals surface area (Å²) in [5.41, 5.74) is 3.53. The van der Waals surface area contributed by atoms with E-state index in [0.717, 1.165) is 25.1 Å². The van der Waals surface area contributed by atoms with Crippen LogP contribution in [0, 0.1) is 0 Å². The van der Waals surface area contributed by atoms with E-state index in [1.54, 1.807) is 0 Å². The number of hydrogen-bond donors (Lipinski definition) is 3. The molecule has 0 unspecified atom stereocenters. The number of guanidine groups is 1. The Bertz CT molecular complexity index is 295. The van der Waals surface area contributed by atoms with Crippen molar-refractivity contribution >= 4 is 11.6 Å². The molecule has 0 radical (unpaired) electrons. The quantitative estimate of drug-likeness (QED) is 0.231. The Morgan fingerprint density at radius 1 is 1.33 bits per heavy atom. The van der Waals surface area contributed by atoms with Crippen LogP contribution in [0.15, 0.2) is 35.3 Å². The molecule has 1 aromatic rings. The molecule has 4 heteroatoms. The van der Waals surface area contributed by atoms with Gasteiger partial charge < -0.3 is 5.32 Å². The van der Waals surface area contributed by atoms with Gasteiger partial charge in [0.1, 0.15) is 0 Å². The zero-order valence-corrected chi connectivity index (χ0v) is 9.03. The van der Waals surface area contributed by atoms with Gasteiger partial charge in [-0.2, -0.15) is 0 Å². The van der Waals surface area contributed by atoms with Gasteiger partial charge >= 0.3 is 0 Å². The van der Waals surface area contributed by atoms with Crippen LogP contribution in [0.4, 0.5) is 5.69 Å². The molecule has 0 fully saturated rings. The maximum absolute atomic E-state index is 5.36. The monoisotopic (exact) mass is 206 g/mol. The van der Waals surface area contributed by atoms with Crippen LogP contribution in [0.1, 0.15) is 19.8 Å². The number of nitrogens with two attached hydrogens (primary N) is 1. The van der Waals surface area contributed by atoms with E-state index < -0.39 is 0 Å². The molecule has 82 valence electrons. The number of rotatable bonds is 4. The van der Waals surface area contributed by atoms with Crippen LogP contribution in [-0.4, -0.2) is 12.5 Å². The van der Waals surface area contributed by atoms with E-state index in [1.807, 2.05) is 30.3 Å². The van der Waals surface area contributed by atoms with Crippen molar-refractivity contribution in [1.82, 2.24) is 5.43 Å². The smallest absolute Gasteiger partial charge is 0.210 e. The van der Waals surface area contributed by atoms with E-state index in [1.165, 1.54) is 0 Å². The van der Waals surface area contributed by atoms with Gasteiger partial charge in [-0.25, -0.2) is 5.84 Å². The van der Waals surface area contributed by atoms with Gasteiger partial charge in [-0.3, -0.25) is 10.4 Å². The lowest BCUT2D eigenvalue weighted by Gasteiger charge is -2.08. The van der Waals surface area contributed by atoms with E-state index in [4.69, 9.17) is 5.84 Å². The van der Waals surface area contributed by atoms with Crippen molar-refractivity contribution in [3.05, 3.63) is 30.3 Å². The summed E-state index contributed by atoms with van der Waals surface area (Å²) < 4.78 is 0. The topological polar surface area (TPSA) is 62.4 Å². The normalized spacial score (nSPS) is 11.2. The first kappa shape index (κ1) is 11.5. The first-order valence-electron chi connectivity index (χ1n) is 5.20. The van der Waals surface area contributed by atoms with Gasteiger partial charge in [0.05, 0.1) is 0 Å². The first-order chi connectivity index (χ1) is 7.36. The highest BCUT2D eigenvalue weighted by Crippen LogP contribution is 2.04. The molecule has 4 N–H and O–H groups in total. The lowest BCUT2D eigenvalue weighted by Crippen LogP contribution is -2.36. The van der Waals surface area contributed by atoms with Crippen molar-refractivity contribution < 1.29 is 0 Å². The fraction of sp³-hybridized carbons (Fsp3) is 0.364. The Morgan fingerprint density at radius 3 is 2.67 bits per heavy atom. The van der Waals surface area contributed by atoms with Crippen LogP contribution >= 0.6 is 0 Å². The van der Waals surface area contributed by atoms with Crippen LogP contribution in [0.5, 0.6) is 0 Å². The SMILES string of the molecule is CCCCN=C(NN)Nc1ccccc1. The number of nitrogens with zero attached hydrogens (tertiary/aromatic N) is 1. The molecule has 0 aliphatic heterocycles. The van der Waals surface area contributed by atoms with E-state index in [9.17, 15) is 0 Å². The number of hydrogen-bond acceptors (Lipinski definition) is 2. The zero-order chi connectivity index (χ0) is 10.9. The Labute approximate surface area is 90.6 Å². The molecule has 0 amide bonds. The molecule has 0 atom stereocenters. The molecule has 1 aromatic carbocycles. The van der Waals surface area contributed by atoms with E-state index in [2.05, 4.69) is 22.7 Å². The Kier molecular flexibility index (Phi) is 5.25.